The summed E-state index contributed by atoms with van der Waals surface area (Å²) >= 11 is 3.27. The van der Waals surface area contributed by atoms with Crippen molar-refractivity contribution in [1.29, 1.82) is 0 Å². The van der Waals surface area contributed by atoms with Gasteiger partial charge in [-0.3, -0.25) is 9.36 Å². The van der Waals surface area contributed by atoms with Gasteiger partial charge in [0.1, 0.15) is 0 Å². The molecule has 3 rings (SSSR count). The molecule has 0 saturated heterocycles. The number of thioether (sulfide) groups is 1. The van der Waals surface area contributed by atoms with Crippen LogP contribution < -0.4 is 0 Å². The molecule has 1 atom stereocenters. The summed E-state index contributed by atoms with van der Waals surface area (Å²) < 4.78 is 2.07. The van der Waals surface area contributed by atoms with E-state index in [0.29, 0.717) is 17.7 Å². The number of amides is 1. The summed E-state index contributed by atoms with van der Waals surface area (Å²) in [4.78, 5) is 16.2. The number of nitrogens with zero attached hydrogens (tertiary/aromatic N) is 4. The van der Waals surface area contributed by atoms with Gasteiger partial charge in [0.25, 0.3) is 0 Å². The molecule has 2 aromatic heterocycles. The molecule has 1 amide bonds. The molecular formula is C21H30N4OS2. The summed E-state index contributed by atoms with van der Waals surface area (Å²) in [6.45, 7) is 11.5. The maximum atomic E-state index is 11.9. The van der Waals surface area contributed by atoms with Crippen molar-refractivity contribution in [3.8, 4) is 10.7 Å². The first-order valence-electron chi connectivity index (χ1n) is 9.69. The van der Waals surface area contributed by atoms with Gasteiger partial charge < -0.3 is 4.90 Å². The molecule has 1 aliphatic rings. The standard InChI is InChI=1S/C21H30N4OS2/c1-7-10-25-19(22-23-20(25)27-13-18(26)24(5)6)17-12-14-11-15(21(2,3)4)8-9-16(14)28-17/h7,12,15H,1,8-11,13H2,2-6H3/t15-/m1/s1. The Labute approximate surface area is 176 Å². The van der Waals surface area contributed by atoms with E-state index in [1.807, 2.05) is 17.4 Å². The SMILES string of the molecule is C=CCn1c(SCC(=O)N(C)C)nnc1-c1cc2c(s1)CC[C@@H](C(C)(C)C)C2. The number of carbonyl (C=O) groups is 1. The van der Waals surface area contributed by atoms with E-state index in [-0.39, 0.29) is 5.91 Å². The van der Waals surface area contributed by atoms with Crippen molar-refractivity contribution in [2.24, 2.45) is 11.3 Å². The van der Waals surface area contributed by atoms with E-state index >= 15 is 0 Å². The molecule has 0 fully saturated rings. The first kappa shape index (κ1) is 21.1. The van der Waals surface area contributed by atoms with Gasteiger partial charge in [0, 0.05) is 25.5 Å². The molecule has 2 aromatic rings. The normalized spacial score (nSPS) is 16.7. The molecule has 1 aliphatic carbocycles. The average molecular weight is 419 g/mol. The van der Waals surface area contributed by atoms with Crippen molar-refractivity contribution >= 4 is 29.0 Å². The number of thiophene rings is 1. The third kappa shape index (κ3) is 4.51. The predicted octanol–water partition coefficient (Wildman–Crippen LogP) is 4.52. The number of rotatable bonds is 6. The molecule has 0 N–H and O–H groups in total. The molecule has 0 unspecified atom stereocenters. The zero-order valence-electron chi connectivity index (χ0n) is 17.5. The molecule has 0 aromatic carbocycles. The Kier molecular flexibility index (Phi) is 6.34. The fourth-order valence-electron chi connectivity index (χ4n) is 3.50. The van der Waals surface area contributed by atoms with Gasteiger partial charge in [-0.05, 0) is 42.2 Å². The monoisotopic (exact) mass is 418 g/mol. The summed E-state index contributed by atoms with van der Waals surface area (Å²) in [7, 11) is 3.54. The topological polar surface area (TPSA) is 51.0 Å². The van der Waals surface area contributed by atoms with Crippen LogP contribution in [-0.4, -0.2) is 45.4 Å². The third-order valence-electron chi connectivity index (χ3n) is 5.38. The molecular weight excluding hydrogens is 388 g/mol. The average Bonchev–Trinajstić information content (AvgIpc) is 3.22. The minimum atomic E-state index is 0.0690. The molecule has 7 heteroatoms. The highest BCUT2D eigenvalue weighted by atomic mass is 32.2. The van der Waals surface area contributed by atoms with Gasteiger partial charge >= 0.3 is 0 Å². The van der Waals surface area contributed by atoms with Crippen LogP contribution in [0.4, 0.5) is 0 Å². The predicted molar refractivity (Wildman–Crippen MR) is 118 cm³/mol. The van der Waals surface area contributed by atoms with Gasteiger partial charge in [-0.15, -0.1) is 28.1 Å². The molecule has 0 bridgehead atoms. The molecule has 0 saturated carbocycles. The van der Waals surface area contributed by atoms with Crippen LogP contribution in [0.25, 0.3) is 10.7 Å². The van der Waals surface area contributed by atoms with Gasteiger partial charge in [0.05, 0.1) is 10.6 Å². The zero-order valence-corrected chi connectivity index (χ0v) is 19.1. The van der Waals surface area contributed by atoms with Gasteiger partial charge in [-0.1, -0.05) is 38.6 Å². The van der Waals surface area contributed by atoms with E-state index in [4.69, 9.17) is 0 Å². The molecule has 152 valence electrons. The summed E-state index contributed by atoms with van der Waals surface area (Å²) in [6.07, 6.45) is 5.40. The van der Waals surface area contributed by atoms with Crippen LogP contribution in [0.15, 0.2) is 23.9 Å². The number of allylic oxidation sites excluding steroid dienone is 1. The Hall–Kier alpha value is -1.60. The van der Waals surface area contributed by atoms with Crippen LogP contribution >= 0.6 is 23.1 Å². The number of fused-ring (bicyclic) bond motifs is 1. The van der Waals surface area contributed by atoms with Crippen molar-refractivity contribution in [3.05, 3.63) is 29.2 Å². The minimum absolute atomic E-state index is 0.0690. The Bertz CT molecular complexity index is 860. The van der Waals surface area contributed by atoms with Crippen molar-refractivity contribution in [1.82, 2.24) is 19.7 Å². The molecule has 5 nitrogen and oxygen atoms in total. The zero-order chi connectivity index (χ0) is 20.5. The molecule has 0 aliphatic heterocycles. The second-order valence-corrected chi connectivity index (χ2v) is 10.7. The fourth-order valence-corrected chi connectivity index (χ4v) is 5.63. The number of aromatic nitrogens is 3. The highest BCUT2D eigenvalue weighted by Crippen LogP contribution is 2.42. The lowest BCUT2D eigenvalue weighted by Crippen LogP contribution is -2.26. The van der Waals surface area contributed by atoms with E-state index in [0.717, 1.165) is 29.7 Å². The summed E-state index contributed by atoms with van der Waals surface area (Å²) in [5.41, 5.74) is 1.81. The molecule has 0 spiro atoms. The lowest BCUT2D eigenvalue weighted by atomic mass is 9.72. The number of hydrogen-bond acceptors (Lipinski definition) is 5. The number of aryl methyl sites for hydroxylation is 1. The third-order valence-corrected chi connectivity index (χ3v) is 7.56. The molecule has 2 heterocycles. The molecule has 28 heavy (non-hydrogen) atoms. The Balaban J connectivity index is 1.85. The van der Waals surface area contributed by atoms with Crippen molar-refractivity contribution < 1.29 is 4.79 Å². The molecule has 0 radical (unpaired) electrons. The second-order valence-electron chi connectivity index (χ2n) is 8.65. The van der Waals surface area contributed by atoms with Crippen LogP contribution in [0.3, 0.4) is 0 Å². The van der Waals surface area contributed by atoms with Gasteiger partial charge in [0.2, 0.25) is 5.91 Å². The lowest BCUT2D eigenvalue weighted by molar-refractivity contribution is -0.125. The van der Waals surface area contributed by atoms with Crippen LogP contribution in [0.5, 0.6) is 0 Å². The van der Waals surface area contributed by atoms with Crippen LogP contribution in [0.2, 0.25) is 0 Å². The Morgan fingerprint density at radius 2 is 2.18 bits per heavy atom. The summed E-state index contributed by atoms with van der Waals surface area (Å²) in [6, 6.07) is 2.31. The van der Waals surface area contributed by atoms with Crippen LogP contribution in [-0.2, 0) is 24.2 Å². The highest BCUT2D eigenvalue weighted by Gasteiger charge is 2.30. The highest BCUT2D eigenvalue weighted by molar-refractivity contribution is 7.99. The maximum Gasteiger partial charge on any atom is 0.232 e. The number of hydrogen-bond donors (Lipinski definition) is 0. The van der Waals surface area contributed by atoms with Gasteiger partial charge in [-0.25, -0.2) is 0 Å². The number of carbonyl (C=O) groups excluding carboxylic acids is 1. The van der Waals surface area contributed by atoms with E-state index in [1.54, 1.807) is 19.0 Å². The Morgan fingerprint density at radius 3 is 2.82 bits per heavy atom. The van der Waals surface area contributed by atoms with E-state index in [9.17, 15) is 4.79 Å². The summed E-state index contributed by atoms with van der Waals surface area (Å²) in [5.74, 6) is 2.03. The maximum absolute atomic E-state index is 11.9. The Morgan fingerprint density at radius 1 is 1.43 bits per heavy atom. The minimum Gasteiger partial charge on any atom is -0.348 e. The van der Waals surface area contributed by atoms with Crippen LogP contribution in [0.1, 0.15) is 37.6 Å². The second kappa shape index (κ2) is 8.41. The van der Waals surface area contributed by atoms with Gasteiger partial charge in [0.15, 0.2) is 11.0 Å². The van der Waals surface area contributed by atoms with E-state index < -0.39 is 0 Å². The smallest absolute Gasteiger partial charge is 0.232 e. The first-order chi connectivity index (χ1) is 13.2. The van der Waals surface area contributed by atoms with Crippen molar-refractivity contribution in [2.45, 2.75) is 51.7 Å². The lowest BCUT2D eigenvalue weighted by Gasteiger charge is -2.33. The largest absolute Gasteiger partial charge is 0.348 e. The summed E-state index contributed by atoms with van der Waals surface area (Å²) in [5, 5.41) is 9.60. The van der Waals surface area contributed by atoms with Crippen LogP contribution in [0, 0.1) is 11.3 Å². The van der Waals surface area contributed by atoms with Gasteiger partial charge in [-0.2, -0.15) is 0 Å². The first-order valence-corrected chi connectivity index (χ1v) is 11.5. The van der Waals surface area contributed by atoms with Crippen molar-refractivity contribution in [3.63, 3.8) is 0 Å². The fraction of sp³-hybridized carbons (Fsp3) is 0.571. The van der Waals surface area contributed by atoms with E-state index in [1.165, 1.54) is 33.5 Å². The van der Waals surface area contributed by atoms with Crippen molar-refractivity contribution in [2.75, 3.05) is 19.8 Å². The quantitative estimate of drug-likeness (QED) is 0.511. The van der Waals surface area contributed by atoms with E-state index in [2.05, 4.69) is 48.2 Å².